The third-order valence-corrected chi connectivity index (χ3v) is 29.6. The van der Waals surface area contributed by atoms with Crippen molar-refractivity contribution in [2.24, 2.45) is 11.8 Å². The van der Waals surface area contributed by atoms with Gasteiger partial charge in [-0.15, -0.1) is 68.0 Å². The van der Waals surface area contributed by atoms with E-state index in [0.717, 1.165) is 95.4 Å². The number of carbonyl (C=O) groups is 2. The Morgan fingerprint density at radius 1 is 0.327 bits per heavy atom. The highest BCUT2D eigenvalue weighted by Gasteiger charge is 2.50. The third-order valence-electron chi connectivity index (χ3n) is 20.6. The Kier molecular flexibility index (Phi) is 37.2. The minimum absolute atomic E-state index is 0.00855. The first-order valence-electron chi connectivity index (χ1n) is 39.9. The van der Waals surface area contributed by atoms with E-state index in [1.165, 1.54) is 277 Å². The van der Waals surface area contributed by atoms with Crippen molar-refractivity contribution in [3.8, 4) is 39.3 Å². The Balaban J connectivity index is 1.27. The van der Waals surface area contributed by atoms with Crippen LogP contribution in [0.1, 0.15) is 344 Å². The van der Waals surface area contributed by atoms with E-state index in [1.807, 2.05) is 57.7 Å². The molecule has 0 fully saturated rings. The first-order chi connectivity index (χ1) is 48.0. The molecule has 542 valence electrons. The maximum Gasteiger partial charge on any atom is 0.261 e. The number of aryl methyl sites for hydroxylation is 4. The molecule has 0 radical (unpaired) electrons. The quantitative estimate of drug-likeness (QED) is 0.0357. The lowest BCUT2D eigenvalue weighted by molar-refractivity contribution is -0.124. The van der Waals surface area contributed by atoms with E-state index in [-0.39, 0.29) is 11.8 Å². The van der Waals surface area contributed by atoms with Gasteiger partial charge < -0.3 is 9.80 Å². The van der Waals surface area contributed by atoms with E-state index in [9.17, 15) is 0 Å². The van der Waals surface area contributed by atoms with Gasteiger partial charge >= 0.3 is 0 Å². The van der Waals surface area contributed by atoms with E-state index in [2.05, 4.69) is 121 Å². The second kappa shape index (κ2) is 44.9. The largest absolute Gasteiger partial charge is 0.306 e. The zero-order chi connectivity index (χ0) is 69.4. The van der Waals surface area contributed by atoms with Gasteiger partial charge in [0.2, 0.25) is 0 Å². The van der Waals surface area contributed by atoms with Crippen molar-refractivity contribution in [3.63, 3.8) is 0 Å². The number of carbonyl (C=O) groups excluding carboxylic acids is 2. The van der Waals surface area contributed by atoms with Gasteiger partial charge in [-0.25, -0.2) is 9.97 Å². The number of thiophene rings is 4. The van der Waals surface area contributed by atoms with E-state index in [4.69, 9.17) is 9.97 Å². The molecule has 2 unspecified atom stereocenters. The van der Waals surface area contributed by atoms with Crippen LogP contribution in [0.5, 0.6) is 0 Å². The standard InChI is InChI=1S/C84H124Br2N4O2S6/c1-9-17-25-33-35-39-47-61(45-37-27-19-11-3)59-89-75(71-57-87-81(97-71)69-53-63(49-41-29-21-13-5)77(93-69)67-55-65(79(85)95-67)51-43-31-23-15-7)73-74(83(89)91)76(90(84(73)92)60-62(46-38-28-20-12-4)48-40-36-34-26-18-10-2)72-58-88-82(98-72)70-54-64(50-42-30-22-14-6)78(94-70)68-56-66(80(86)96-68)52-44-32-24-16-8/h53-58,61-62H,9-52,59-60H2,1-8H3. The van der Waals surface area contributed by atoms with E-state index in [1.54, 1.807) is 22.7 Å². The number of nitrogens with zero attached hydrogens (tertiary/aromatic N) is 4. The molecule has 0 N–H and O–H groups in total. The van der Waals surface area contributed by atoms with E-state index >= 15 is 9.59 Å². The molecule has 6 nitrogen and oxygen atoms in total. The highest BCUT2D eigenvalue weighted by Crippen LogP contribution is 2.53. The Hall–Kier alpha value is -2.56. The highest BCUT2D eigenvalue weighted by molar-refractivity contribution is 9.11. The number of rotatable bonds is 54. The van der Waals surface area contributed by atoms with Crippen molar-refractivity contribution < 1.29 is 9.59 Å². The molecule has 98 heavy (non-hydrogen) atoms. The van der Waals surface area contributed by atoms with Crippen LogP contribution in [0.25, 0.3) is 50.7 Å². The summed E-state index contributed by atoms with van der Waals surface area (Å²) in [6.07, 6.45) is 57.0. The molecule has 6 aromatic heterocycles. The second-order valence-corrected chi connectivity index (χ2v) is 37.8. The molecule has 2 atom stereocenters. The molecule has 0 bridgehead atoms. The topological polar surface area (TPSA) is 66.4 Å². The van der Waals surface area contributed by atoms with Crippen LogP contribution in [0.3, 0.4) is 0 Å². The summed E-state index contributed by atoms with van der Waals surface area (Å²) in [5, 5.41) is 1.95. The number of hydrogen-bond donors (Lipinski definition) is 0. The molecule has 0 aliphatic carbocycles. The fraction of sp³-hybridized carbons (Fsp3) is 0.667. The highest BCUT2D eigenvalue weighted by atomic mass is 79.9. The van der Waals surface area contributed by atoms with Crippen molar-refractivity contribution in [1.29, 1.82) is 0 Å². The molecule has 2 aliphatic heterocycles. The number of hydrogen-bond acceptors (Lipinski definition) is 10. The molecule has 8 rings (SSSR count). The molecule has 0 aromatic carbocycles. The zero-order valence-corrected chi connectivity index (χ0v) is 70.0. The Bertz CT molecular complexity index is 3150. The summed E-state index contributed by atoms with van der Waals surface area (Å²) in [5.41, 5.74) is 8.48. The number of amides is 2. The summed E-state index contributed by atoms with van der Waals surface area (Å²) >= 11 is 19.0. The predicted molar refractivity (Wildman–Crippen MR) is 442 cm³/mol. The van der Waals surface area contributed by atoms with Crippen molar-refractivity contribution in [1.82, 2.24) is 19.8 Å². The minimum atomic E-state index is -0.00855. The number of aromatic nitrogens is 2. The van der Waals surface area contributed by atoms with Crippen molar-refractivity contribution in [2.45, 2.75) is 338 Å². The van der Waals surface area contributed by atoms with Gasteiger partial charge in [-0.3, -0.25) is 9.59 Å². The first kappa shape index (κ1) is 81.1. The molecule has 2 amide bonds. The number of fused-ring (bicyclic) bond motifs is 1. The van der Waals surface area contributed by atoms with Crippen LogP contribution >= 0.6 is 99.9 Å². The summed E-state index contributed by atoms with van der Waals surface area (Å²) in [5.74, 6) is 0.624. The van der Waals surface area contributed by atoms with Crippen LogP contribution in [0, 0.1) is 11.8 Å². The normalized spacial score (nSPS) is 14.1. The van der Waals surface area contributed by atoms with Crippen LogP contribution in [-0.2, 0) is 35.3 Å². The van der Waals surface area contributed by atoms with Crippen molar-refractivity contribution >= 4 is 123 Å². The molecule has 8 heterocycles. The van der Waals surface area contributed by atoms with E-state index < -0.39 is 0 Å². The Morgan fingerprint density at radius 3 is 0.929 bits per heavy atom. The number of halogens is 2. The van der Waals surface area contributed by atoms with Gasteiger partial charge in [0.05, 0.1) is 49.6 Å². The van der Waals surface area contributed by atoms with Crippen LogP contribution in [-0.4, -0.2) is 44.7 Å². The van der Waals surface area contributed by atoms with Crippen molar-refractivity contribution in [3.05, 3.63) is 87.4 Å². The summed E-state index contributed by atoms with van der Waals surface area (Å²) in [7, 11) is 0. The van der Waals surface area contributed by atoms with Gasteiger partial charge in [0.25, 0.3) is 11.8 Å². The molecule has 0 spiro atoms. The van der Waals surface area contributed by atoms with Gasteiger partial charge in [-0.2, -0.15) is 0 Å². The summed E-state index contributed by atoms with van der Waals surface area (Å²) in [6, 6.07) is 9.83. The smallest absolute Gasteiger partial charge is 0.261 e. The molecule has 6 aromatic rings. The first-order valence-corrected chi connectivity index (χ1v) is 46.4. The molecular weight excluding hydrogens is 1450 g/mol. The summed E-state index contributed by atoms with van der Waals surface area (Å²) < 4.78 is 2.52. The van der Waals surface area contributed by atoms with Gasteiger partial charge in [-0.05, 0) is 167 Å². The van der Waals surface area contributed by atoms with Gasteiger partial charge in [0.1, 0.15) is 10.0 Å². The van der Waals surface area contributed by atoms with Crippen molar-refractivity contribution in [2.75, 3.05) is 13.1 Å². The lowest BCUT2D eigenvalue weighted by Crippen LogP contribution is -2.34. The summed E-state index contributed by atoms with van der Waals surface area (Å²) in [6.45, 7) is 19.6. The van der Waals surface area contributed by atoms with E-state index in [0.29, 0.717) is 36.1 Å². The van der Waals surface area contributed by atoms with Gasteiger partial charge in [0, 0.05) is 45.0 Å². The predicted octanol–water partition coefficient (Wildman–Crippen LogP) is 30.0. The second-order valence-electron chi connectivity index (χ2n) is 28.9. The molecule has 2 aliphatic rings. The lowest BCUT2D eigenvalue weighted by atomic mass is 9.93. The van der Waals surface area contributed by atoms with Crippen LogP contribution in [0.4, 0.5) is 0 Å². The molecular formula is C84H124Br2N4O2S6. The summed E-state index contributed by atoms with van der Waals surface area (Å²) in [4.78, 5) is 57.8. The lowest BCUT2D eigenvalue weighted by Gasteiger charge is -2.29. The number of unbranched alkanes of at least 4 members (excludes halogenated alkanes) is 28. The Morgan fingerprint density at radius 2 is 0.602 bits per heavy atom. The van der Waals surface area contributed by atoms with Crippen LogP contribution in [0.2, 0.25) is 0 Å². The molecule has 0 saturated carbocycles. The maximum atomic E-state index is 16.6. The van der Waals surface area contributed by atoms with Gasteiger partial charge in [0.15, 0.2) is 0 Å². The fourth-order valence-corrected chi connectivity index (χ4v) is 23.1. The zero-order valence-electron chi connectivity index (χ0n) is 62.0. The maximum absolute atomic E-state index is 16.6. The Labute approximate surface area is 636 Å². The monoisotopic (exact) mass is 1570 g/mol. The fourth-order valence-electron chi connectivity index (χ4n) is 14.8. The SMILES string of the molecule is CCCCCCCCC(CCCCCC)CN1C(=O)C2=C(c3cnc(-c4cc(CCCCCC)c(-c5cc(CCCCCC)c(Br)s5)s4)s3)N(CC(CCCCCC)CCCCCCCC)C(=O)C2=C1c1cnc(-c2cc(CCCCCC)c(-c3cc(CCCCCC)c(Br)s3)s2)s1. The molecule has 0 saturated heterocycles. The average molecular weight is 1570 g/mol. The van der Waals surface area contributed by atoms with Crippen LogP contribution in [0.15, 0.2) is 55.4 Å². The third kappa shape index (κ3) is 23.7. The number of thiazole rings is 2. The van der Waals surface area contributed by atoms with Gasteiger partial charge in [-0.1, -0.05) is 261 Å². The average Bonchev–Trinajstić information content (AvgIpc) is 1.55. The van der Waals surface area contributed by atoms with Crippen LogP contribution < -0.4 is 0 Å². The molecule has 14 heteroatoms. The minimum Gasteiger partial charge on any atom is -0.306 e.